The molecule has 1 aromatic rings. The van der Waals surface area contributed by atoms with E-state index in [1.54, 1.807) is 13.0 Å². The van der Waals surface area contributed by atoms with Crippen LogP contribution in [-0.2, 0) is 9.59 Å². The lowest BCUT2D eigenvalue weighted by atomic mass is 9.96. The van der Waals surface area contributed by atoms with Gasteiger partial charge in [0.05, 0.1) is 23.0 Å². The van der Waals surface area contributed by atoms with E-state index in [2.05, 4.69) is 0 Å². The van der Waals surface area contributed by atoms with Gasteiger partial charge in [-0.3, -0.25) is 24.1 Å². The van der Waals surface area contributed by atoms with Crippen LogP contribution in [0.5, 0.6) is 0 Å². The van der Waals surface area contributed by atoms with Crippen molar-refractivity contribution in [2.75, 3.05) is 19.6 Å². The Kier molecular flexibility index (Phi) is 4.44. The lowest BCUT2D eigenvalue weighted by Gasteiger charge is -2.20. The normalized spacial score (nSPS) is 22.4. The monoisotopic (exact) mass is 384 g/mol. The number of hydrogen-bond acceptors (Lipinski definition) is 4. The Balaban J connectivity index is 1.76. The molecule has 2 aliphatic rings. The van der Waals surface area contributed by atoms with Gasteiger partial charge in [-0.25, -0.2) is 0 Å². The second-order valence-corrected chi connectivity index (χ2v) is 6.64. The predicted octanol–water partition coefficient (Wildman–Crippen LogP) is 1.31. The Hall–Kier alpha value is -2.91. The number of carboxylic acids is 1. The van der Waals surface area contributed by atoms with Crippen molar-refractivity contribution in [1.29, 1.82) is 0 Å². The van der Waals surface area contributed by atoms with E-state index >= 15 is 0 Å². The van der Waals surface area contributed by atoms with E-state index in [9.17, 15) is 32.3 Å². The second kappa shape index (κ2) is 6.36. The third kappa shape index (κ3) is 3.26. The van der Waals surface area contributed by atoms with Gasteiger partial charge in [-0.2, -0.15) is 13.2 Å². The number of hydrogen-bond donors (Lipinski definition) is 1. The summed E-state index contributed by atoms with van der Waals surface area (Å²) < 4.78 is 39.1. The van der Waals surface area contributed by atoms with E-state index in [-0.39, 0.29) is 11.1 Å². The van der Waals surface area contributed by atoms with Crippen LogP contribution in [0.25, 0.3) is 0 Å². The molecule has 1 aromatic carbocycles. The molecule has 0 spiro atoms. The zero-order valence-electron chi connectivity index (χ0n) is 14.1. The van der Waals surface area contributed by atoms with Crippen LogP contribution in [0.4, 0.5) is 13.2 Å². The number of nitrogens with zero attached hydrogens (tertiary/aromatic N) is 2. The Labute approximate surface area is 151 Å². The molecule has 0 bridgehead atoms. The van der Waals surface area contributed by atoms with Gasteiger partial charge in [0.15, 0.2) is 0 Å². The maximum atomic E-state index is 13.0. The second-order valence-electron chi connectivity index (χ2n) is 6.64. The topological polar surface area (TPSA) is 95.0 Å². The Morgan fingerprint density at radius 2 is 1.78 bits per heavy atom. The fourth-order valence-electron chi connectivity index (χ4n) is 3.37. The van der Waals surface area contributed by atoms with Crippen LogP contribution >= 0.6 is 0 Å². The number of carboxylic acid groups (broad SMARTS) is 1. The third-order valence-electron chi connectivity index (χ3n) is 4.83. The first-order valence-electron chi connectivity index (χ1n) is 8.05. The van der Waals surface area contributed by atoms with Crippen LogP contribution < -0.4 is 0 Å². The van der Waals surface area contributed by atoms with Gasteiger partial charge in [0.25, 0.3) is 11.8 Å². The Morgan fingerprint density at radius 1 is 1.15 bits per heavy atom. The number of amides is 3. The van der Waals surface area contributed by atoms with E-state index in [0.29, 0.717) is 4.90 Å². The van der Waals surface area contributed by atoms with Gasteiger partial charge < -0.3 is 10.0 Å². The zero-order valence-corrected chi connectivity index (χ0v) is 14.1. The van der Waals surface area contributed by atoms with Crippen molar-refractivity contribution in [1.82, 2.24) is 9.80 Å². The fraction of sp³-hybridized carbons (Fsp3) is 0.412. The van der Waals surface area contributed by atoms with Gasteiger partial charge >= 0.3 is 12.1 Å². The lowest BCUT2D eigenvalue weighted by Crippen LogP contribution is -2.42. The fourth-order valence-corrected chi connectivity index (χ4v) is 3.37. The molecule has 144 valence electrons. The number of fused-ring (bicyclic) bond motifs is 1. The van der Waals surface area contributed by atoms with Gasteiger partial charge in [0, 0.05) is 13.1 Å². The molecule has 27 heavy (non-hydrogen) atoms. The molecular formula is C17H15F3N2O5. The summed E-state index contributed by atoms with van der Waals surface area (Å²) in [5, 5.41) is 9.00. The molecule has 2 aliphatic heterocycles. The van der Waals surface area contributed by atoms with Gasteiger partial charge in [-0.15, -0.1) is 0 Å². The smallest absolute Gasteiger partial charge is 0.394 e. The van der Waals surface area contributed by atoms with E-state index in [4.69, 9.17) is 5.11 Å². The largest absolute Gasteiger partial charge is 0.481 e. The summed E-state index contributed by atoms with van der Waals surface area (Å²) >= 11 is 0. The molecule has 10 heteroatoms. The molecular weight excluding hydrogens is 369 g/mol. The highest BCUT2D eigenvalue weighted by Crippen LogP contribution is 2.38. The number of rotatable bonds is 3. The molecule has 0 saturated carbocycles. The highest BCUT2D eigenvalue weighted by Gasteiger charge is 2.53. The quantitative estimate of drug-likeness (QED) is 0.793. The molecule has 1 saturated heterocycles. The number of imide groups is 1. The van der Waals surface area contributed by atoms with E-state index in [0.717, 1.165) is 10.5 Å². The Bertz CT molecular complexity index is 851. The molecule has 2 atom stereocenters. The van der Waals surface area contributed by atoms with Gasteiger partial charge in [0.2, 0.25) is 5.91 Å². The molecule has 3 amide bonds. The molecule has 0 aliphatic carbocycles. The molecule has 2 heterocycles. The minimum Gasteiger partial charge on any atom is -0.481 e. The van der Waals surface area contributed by atoms with Crippen LogP contribution in [0.15, 0.2) is 18.2 Å². The molecule has 0 aromatic heterocycles. The number of carbonyl (C=O) groups is 4. The average Bonchev–Trinajstić information content (AvgIpc) is 3.12. The summed E-state index contributed by atoms with van der Waals surface area (Å²) in [7, 11) is 0. The first-order valence-corrected chi connectivity index (χ1v) is 8.05. The number of aliphatic carboxylic acids is 1. The SMILES string of the molecule is Cc1ccc2c(c1)C(=O)N(CC(=O)N1C[C@@H](C(F)(F)F)[C@H](C(=O)O)C1)C2=O. The maximum Gasteiger partial charge on any atom is 0.394 e. The number of alkyl halides is 3. The van der Waals surface area contributed by atoms with Gasteiger partial charge in [-0.1, -0.05) is 11.6 Å². The van der Waals surface area contributed by atoms with E-state index in [1.807, 2.05) is 0 Å². The minimum atomic E-state index is -4.77. The van der Waals surface area contributed by atoms with Crippen LogP contribution in [-0.4, -0.2) is 64.4 Å². The van der Waals surface area contributed by atoms with Crippen molar-refractivity contribution >= 4 is 23.7 Å². The number of aryl methyl sites for hydroxylation is 1. The van der Waals surface area contributed by atoms with Crippen molar-refractivity contribution in [2.45, 2.75) is 13.1 Å². The number of benzene rings is 1. The summed E-state index contributed by atoms with van der Waals surface area (Å²) in [6, 6.07) is 4.57. The summed E-state index contributed by atoms with van der Waals surface area (Å²) in [6.45, 7) is -0.454. The molecule has 3 rings (SSSR count). The Morgan fingerprint density at radius 3 is 2.33 bits per heavy atom. The first kappa shape index (κ1) is 18.9. The summed E-state index contributed by atoms with van der Waals surface area (Å²) in [5.41, 5.74) is 0.988. The van der Waals surface area contributed by atoms with E-state index in [1.165, 1.54) is 12.1 Å². The lowest BCUT2D eigenvalue weighted by molar-refractivity contribution is -0.188. The van der Waals surface area contributed by atoms with E-state index < -0.39 is 61.3 Å². The average molecular weight is 384 g/mol. The maximum absolute atomic E-state index is 13.0. The van der Waals surface area contributed by atoms with Gasteiger partial charge in [-0.05, 0) is 19.1 Å². The van der Waals surface area contributed by atoms with Crippen LogP contribution in [0.2, 0.25) is 0 Å². The van der Waals surface area contributed by atoms with Crippen LogP contribution in [0, 0.1) is 18.8 Å². The molecule has 0 unspecified atom stereocenters. The van der Waals surface area contributed by atoms with Crippen LogP contribution in [0.1, 0.15) is 26.3 Å². The minimum absolute atomic E-state index is 0.122. The standard InChI is InChI=1S/C17H15F3N2O5/c1-8-2-3-9-10(4-8)15(25)22(14(9)24)7-13(23)21-5-11(16(26)27)12(6-21)17(18,19)20/h2-4,11-12H,5-7H2,1H3,(H,26,27)/t11-,12-/m1/s1. The number of likely N-dealkylation sites (tertiary alicyclic amines) is 1. The van der Waals surface area contributed by atoms with Crippen molar-refractivity contribution in [3.8, 4) is 0 Å². The number of halogens is 3. The summed E-state index contributed by atoms with van der Waals surface area (Å²) in [6.07, 6.45) is -4.77. The molecule has 7 nitrogen and oxygen atoms in total. The summed E-state index contributed by atoms with van der Waals surface area (Å²) in [5.74, 6) is -7.93. The summed E-state index contributed by atoms with van der Waals surface area (Å²) in [4.78, 5) is 49.6. The highest BCUT2D eigenvalue weighted by atomic mass is 19.4. The molecule has 0 radical (unpaired) electrons. The van der Waals surface area contributed by atoms with Gasteiger partial charge in [0.1, 0.15) is 6.54 Å². The van der Waals surface area contributed by atoms with Crippen LogP contribution in [0.3, 0.4) is 0 Å². The predicted molar refractivity (Wildman–Crippen MR) is 83.8 cm³/mol. The molecule has 1 fully saturated rings. The highest BCUT2D eigenvalue weighted by molar-refractivity contribution is 6.22. The van der Waals surface area contributed by atoms with Crippen molar-refractivity contribution in [3.05, 3.63) is 34.9 Å². The third-order valence-corrected chi connectivity index (χ3v) is 4.83. The first-order chi connectivity index (χ1) is 12.5. The number of carbonyl (C=O) groups excluding carboxylic acids is 3. The van der Waals surface area contributed by atoms with Crippen molar-refractivity contribution < 1.29 is 37.5 Å². The van der Waals surface area contributed by atoms with Crippen molar-refractivity contribution in [2.24, 2.45) is 11.8 Å². The zero-order chi connectivity index (χ0) is 20.1. The van der Waals surface area contributed by atoms with Crippen molar-refractivity contribution in [3.63, 3.8) is 0 Å². The molecule has 1 N–H and O–H groups in total.